The number of carbonyl (C=O) groups is 1. The van der Waals surface area contributed by atoms with Crippen molar-refractivity contribution in [3.05, 3.63) is 47.8 Å². The minimum Gasteiger partial charge on any atom is -0.465 e. The Hall–Kier alpha value is -2.44. The number of alkyl halides is 3. The minimum atomic E-state index is -4.52. The molecule has 0 radical (unpaired) electrons. The second-order valence-corrected chi connectivity index (χ2v) is 3.82. The number of ether oxygens (including phenoxy) is 1. The molecule has 0 amide bonds. The summed E-state index contributed by atoms with van der Waals surface area (Å²) < 4.78 is 43.0. The second kappa shape index (κ2) is 5.28. The van der Waals surface area contributed by atoms with Crippen LogP contribution in [0.4, 0.5) is 13.2 Å². The monoisotopic (exact) mass is 282 g/mol. The highest BCUT2D eigenvalue weighted by Crippen LogP contribution is 2.34. The number of aromatic nitrogens is 2. The Morgan fingerprint density at radius 1 is 1.20 bits per heavy atom. The van der Waals surface area contributed by atoms with Gasteiger partial charge in [-0.25, -0.2) is 4.79 Å². The molecule has 0 unspecified atom stereocenters. The Kier molecular flexibility index (Phi) is 3.69. The van der Waals surface area contributed by atoms with Crippen molar-refractivity contribution >= 4 is 5.97 Å². The van der Waals surface area contributed by atoms with Gasteiger partial charge in [-0.3, -0.25) is 9.97 Å². The number of nitrogens with zero attached hydrogens (tertiary/aromatic N) is 2. The van der Waals surface area contributed by atoms with Crippen molar-refractivity contribution in [2.24, 2.45) is 0 Å². The summed E-state index contributed by atoms with van der Waals surface area (Å²) in [4.78, 5) is 18.8. The number of hydrogen-bond acceptors (Lipinski definition) is 4. The summed E-state index contributed by atoms with van der Waals surface area (Å²) in [6.07, 6.45) is -2.12. The fraction of sp³-hybridized carbons (Fsp3) is 0.154. The first-order valence-corrected chi connectivity index (χ1v) is 5.50. The van der Waals surface area contributed by atoms with Gasteiger partial charge in [0.05, 0.1) is 23.9 Å². The summed E-state index contributed by atoms with van der Waals surface area (Å²) in [6.45, 7) is 0. The third-order valence-electron chi connectivity index (χ3n) is 2.54. The number of methoxy groups -OCH3 is 1. The van der Waals surface area contributed by atoms with Crippen LogP contribution < -0.4 is 0 Å². The van der Waals surface area contributed by atoms with Crippen molar-refractivity contribution in [3.8, 4) is 11.4 Å². The van der Waals surface area contributed by atoms with E-state index in [1.54, 1.807) is 0 Å². The lowest BCUT2D eigenvalue weighted by atomic mass is 10.1. The lowest BCUT2D eigenvalue weighted by molar-refractivity contribution is -0.137. The first kappa shape index (κ1) is 14.0. The smallest absolute Gasteiger partial charge is 0.418 e. The van der Waals surface area contributed by atoms with Gasteiger partial charge in [-0.1, -0.05) is 0 Å². The van der Waals surface area contributed by atoms with Gasteiger partial charge in [0.15, 0.2) is 0 Å². The van der Waals surface area contributed by atoms with Crippen molar-refractivity contribution in [1.29, 1.82) is 0 Å². The van der Waals surface area contributed by atoms with E-state index in [4.69, 9.17) is 0 Å². The molecule has 0 aliphatic rings. The molecule has 0 aliphatic carbocycles. The average molecular weight is 282 g/mol. The molecule has 0 saturated carbocycles. The van der Waals surface area contributed by atoms with E-state index in [9.17, 15) is 18.0 Å². The van der Waals surface area contributed by atoms with E-state index >= 15 is 0 Å². The highest BCUT2D eigenvalue weighted by Gasteiger charge is 2.34. The van der Waals surface area contributed by atoms with Crippen LogP contribution in [0.3, 0.4) is 0 Å². The molecule has 0 spiro atoms. The van der Waals surface area contributed by atoms with Crippen LogP contribution in [0.15, 0.2) is 36.7 Å². The lowest BCUT2D eigenvalue weighted by Crippen LogP contribution is -2.09. The predicted octanol–water partition coefficient (Wildman–Crippen LogP) is 2.95. The van der Waals surface area contributed by atoms with Crippen LogP contribution in [0, 0.1) is 0 Å². The van der Waals surface area contributed by atoms with Gasteiger partial charge in [0.2, 0.25) is 0 Å². The summed E-state index contributed by atoms with van der Waals surface area (Å²) in [6, 6.07) is 4.76. The predicted molar refractivity (Wildman–Crippen MR) is 63.8 cm³/mol. The number of pyridine rings is 2. The van der Waals surface area contributed by atoms with E-state index in [-0.39, 0.29) is 17.0 Å². The number of halogens is 3. The fourth-order valence-corrected chi connectivity index (χ4v) is 1.61. The molecule has 0 fully saturated rings. The van der Waals surface area contributed by atoms with Crippen LogP contribution in [0.2, 0.25) is 0 Å². The Morgan fingerprint density at radius 3 is 2.50 bits per heavy atom. The molecule has 104 valence electrons. The summed E-state index contributed by atoms with van der Waals surface area (Å²) in [7, 11) is 1.21. The van der Waals surface area contributed by atoms with Crippen LogP contribution in [-0.4, -0.2) is 23.0 Å². The second-order valence-electron chi connectivity index (χ2n) is 3.82. The third kappa shape index (κ3) is 2.76. The molecule has 2 aromatic rings. The zero-order valence-electron chi connectivity index (χ0n) is 10.3. The van der Waals surface area contributed by atoms with Gasteiger partial charge < -0.3 is 4.74 Å². The molecule has 0 saturated heterocycles. The summed E-state index contributed by atoms with van der Waals surface area (Å²) in [5.74, 6) is -0.610. The fourth-order valence-electron chi connectivity index (χ4n) is 1.61. The van der Waals surface area contributed by atoms with Crippen LogP contribution in [0.25, 0.3) is 11.4 Å². The zero-order valence-corrected chi connectivity index (χ0v) is 10.3. The van der Waals surface area contributed by atoms with E-state index in [1.807, 2.05) is 0 Å². The molecular formula is C13H9F3N2O2. The van der Waals surface area contributed by atoms with Crippen LogP contribution in [-0.2, 0) is 10.9 Å². The quantitative estimate of drug-likeness (QED) is 0.795. The maximum atomic E-state index is 12.9. The largest absolute Gasteiger partial charge is 0.465 e. The van der Waals surface area contributed by atoms with Crippen molar-refractivity contribution in [3.63, 3.8) is 0 Å². The normalized spacial score (nSPS) is 11.2. The molecule has 0 atom stereocenters. The van der Waals surface area contributed by atoms with Crippen LogP contribution in [0.1, 0.15) is 15.9 Å². The van der Waals surface area contributed by atoms with E-state index in [1.165, 1.54) is 31.5 Å². The molecule has 2 heterocycles. The van der Waals surface area contributed by atoms with Gasteiger partial charge in [-0.05, 0) is 24.3 Å². The van der Waals surface area contributed by atoms with E-state index in [0.29, 0.717) is 0 Å². The summed E-state index contributed by atoms with van der Waals surface area (Å²) in [5, 5.41) is 0. The molecule has 7 heteroatoms. The Morgan fingerprint density at radius 2 is 1.95 bits per heavy atom. The first-order valence-electron chi connectivity index (χ1n) is 5.50. The van der Waals surface area contributed by atoms with Gasteiger partial charge >= 0.3 is 12.1 Å². The van der Waals surface area contributed by atoms with E-state index < -0.39 is 17.7 Å². The maximum Gasteiger partial charge on any atom is 0.418 e. The van der Waals surface area contributed by atoms with Crippen LogP contribution in [0.5, 0.6) is 0 Å². The Labute approximate surface area is 112 Å². The highest BCUT2D eigenvalue weighted by atomic mass is 19.4. The SMILES string of the molecule is COC(=O)c1ccc(-c2ncccc2C(F)(F)F)nc1. The van der Waals surface area contributed by atoms with Crippen molar-refractivity contribution in [2.45, 2.75) is 6.18 Å². The van der Waals surface area contributed by atoms with Crippen LogP contribution >= 0.6 is 0 Å². The van der Waals surface area contributed by atoms with Crippen molar-refractivity contribution < 1.29 is 22.7 Å². The van der Waals surface area contributed by atoms with Crippen molar-refractivity contribution in [1.82, 2.24) is 9.97 Å². The van der Waals surface area contributed by atoms with Gasteiger partial charge in [0, 0.05) is 12.4 Å². The van der Waals surface area contributed by atoms with E-state index in [2.05, 4.69) is 14.7 Å². The molecule has 0 N–H and O–H groups in total. The minimum absolute atomic E-state index is 0.0329. The molecule has 0 bridgehead atoms. The molecule has 0 aromatic carbocycles. The maximum absolute atomic E-state index is 12.9. The number of rotatable bonds is 2. The average Bonchev–Trinajstić information content (AvgIpc) is 2.46. The molecule has 2 aromatic heterocycles. The summed E-state index contributed by atoms with van der Waals surface area (Å²) >= 11 is 0. The molecule has 2 rings (SSSR count). The first-order chi connectivity index (χ1) is 9.43. The molecule has 20 heavy (non-hydrogen) atoms. The molecular weight excluding hydrogens is 273 g/mol. The highest BCUT2D eigenvalue weighted by molar-refractivity contribution is 5.89. The van der Waals surface area contributed by atoms with Gasteiger partial charge in [-0.2, -0.15) is 13.2 Å². The Bertz CT molecular complexity index is 624. The number of esters is 1. The summed E-state index contributed by atoms with van der Waals surface area (Å²) in [5.41, 5.74) is -0.971. The standard InChI is InChI=1S/C13H9F3N2O2/c1-20-12(19)8-4-5-10(18-7-8)11-9(13(14,15)16)3-2-6-17-11/h2-7H,1H3. The Balaban J connectivity index is 2.45. The van der Waals surface area contributed by atoms with Crippen molar-refractivity contribution in [2.75, 3.05) is 7.11 Å². The van der Waals surface area contributed by atoms with Gasteiger partial charge in [-0.15, -0.1) is 0 Å². The zero-order chi connectivity index (χ0) is 14.8. The number of hydrogen-bond donors (Lipinski definition) is 0. The van der Waals surface area contributed by atoms with Gasteiger partial charge in [0.1, 0.15) is 5.69 Å². The topological polar surface area (TPSA) is 52.1 Å². The van der Waals surface area contributed by atoms with Gasteiger partial charge in [0.25, 0.3) is 0 Å². The number of carbonyl (C=O) groups excluding carboxylic acids is 1. The van der Waals surface area contributed by atoms with E-state index in [0.717, 1.165) is 12.3 Å². The third-order valence-corrected chi connectivity index (χ3v) is 2.54. The lowest BCUT2D eigenvalue weighted by Gasteiger charge is -2.11. The molecule has 4 nitrogen and oxygen atoms in total. The molecule has 0 aliphatic heterocycles.